The van der Waals surface area contributed by atoms with Gasteiger partial charge in [-0.3, -0.25) is 9.59 Å². The molecule has 0 aromatic heterocycles. The first kappa shape index (κ1) is 23.4. The summed E-state index contributed by atoms with van der Waals surface area (Å²) in [7, 11) is 0. The van der Waals surface area contributed by atoms with Crippen LogP contribution in [0, 0.1) is 18.7 Å². The smallest absolute Gasteiger partial charge is 0.261 e. The van der Waals surface area contributed by atoms with Crippen molar-refractivity contribution in [3.63, 3.8) is 0 Å². The molecule has 0 radical (unpaired) electrons. The quantitative estimate of drug-likeness (QED) is 0.637. The Morgan fingerprint density at radius 1 is 1.13 bits per heavy atom. The summed E-state index contributed by atoms with van der Waals surface area (Å²) in [4.78, 5) is 27.4. The molecule has 0 aliphatic carbocycles. The van der Waals surface area contributed by atoms with Crippen molar-refractivity contribution in [3.05, 3.63) is 65.5 Å². The van der Waals surface area contributed by atoms with E-state index in [0.717, 1.165) is 11.1 Å². The zero-order valence-corrected chi connectivity index (χ0v) is 18.2. The highest BCUT2D eigenvalue weighted by Crippen LogP contribution is 2.16. The number of nitrogens with one attached hydrogen (secondary N) is 1. The first-order valence-corrected chi connectivity index (χ1v) is 10.3. The average Bonchev–Trinajstić information content (AvgIpc) is 2.71. The average molecular weight is 415 g/mol. The predicted octanol–water partition coefficient (Wildman–Crippen LogP) is 4.09. The third-order valence-corrected chi connectivity index (χ3v) is 4.68. The largest absolute Gasteiger partial charge is 0.484 e. The molecule has 5 nitrogen and oxygen atoms in total. The molecule has 2 amide bonds. The lowest BCUT2D eigenvalue weighted by Gasteiger charge is -2.31. The molecule has 0 aliphatic heterocycles. The molecule has 1 atom stereocenters. The molecule has 0 spiro atoms. The van der Waals surface area contributed by atoms with Crippen molar-refractivity contribution < 1.29 is 18.7 Å². The van der Waals surface area contributed by atoms with Crippen LogP contribution in [0.4, 0.5) is 4.39 Å². The van der Waals surface area contributed by atoms with Crippen LogP contribution in [0.5, 0.6) is 5.75 Å². The van der Waals surface area contributed by atoms with E-state index in [1.165, 1.54) is 24.3 Å². The van der Waals surface area contributed by atoms with E-state index in [1.54, 1.807) is 4.90 Å². The minimum Gasteiger partial charge on any atom is -0.484 e. The Hall–Kier alpha value is -2.89. The molecule has 0 saturated heterocycles. The normalized spacial score (nSPS) is 11.8. The third kappa shape index (κ3) is 7.17. The number of amides is 2. The Bertz CT molecular complexity index is 837. The Morgan fingerprint density at radius 3 is 2.43 bits per heavy atom. The maximum absolute atomic E-state index is 13.1. The van der Waals surface area contributed by atoms with Crippen LogP contribution in [0.3, 0.4) is 0 Å². The summed E-state index contributed by atoms with van der Waals surface area (Å²) in [6.07, 6.45) is 0.484. The zero-order chi connectivity index (χ0) is 22.1. The van der Waals surface area contributed by atoms with E-state index in [1.807, 2.05) is 52.0 Å². The molecule has 0 fully saturated rings. The fraction of sp³-hybridized carbons (Fsp3) is 0.417. The molecule has 0 heterocycles. The van der Waals surface area contributed by atoms with Gasteiger partial charge in [-0.2, -0.15) is 0 Å². The van der Waals surface area contributed by atoms with Crippen LogP contribution in [0.2, 0.25) is 0 Å². The number of hydrogen-bond donors (Lipinski definition) is 1. The summed E-state index contributed by atoms with van der Waals surface area (Å²) in [5, 5.41) is 2.93. The fourth-order valence-corrected chi connectivity index (χ4v) is 3.11. The summed E-state index contributed by atoms with van der Waals surface area (Å²) in [6.45, 7) is 8.54. The molecule has 2 aromatic rings. The van der Waals surface area contributed by atoms with Crippen molar-refractivity contribution in [3.8, 4) is 5.75 Å². The topological polar surface area (TPSA) is 58.6 Å². The van der Waals surface area contributed by atoms with Crippen LogP contribution in [0.15, 0.2) is 48.5 Å². The lowest BCUT2D eigenvalue weighted by molar-refractivity contribution is -0.143. The van der Waals surface area contributed by atoms with Crippen LogP contribution in [0.25, 0.3) is 0 Å². The lowest BCUT2D eigenvalue weighted by atomic mass is 10.1. The van der Waals surface area contributed by atoms with Crippen molar-refractivity contribution in [2.24, 2.45) is 5.92 Å². The Labute approximate surface area is 178 Å². The number of carbonyl (C=O) groups excluding carboxylic acids is 2. The Morgan fingerprint density at radius 2 is 1.83 bits per heavy atom. The van der Waals surface area contributed by atoms with Gasteiger partial charge in [0.25, 0.3) is 5.91 Å². The van der Waals surface area contributed by atoms with Crippen LogP contribution in [0.1, 0.15) is 38.3 Å². The summed E-state index contributed by atoms with van der Waals surface area (Å²) >= 11 is 0. The molecule has 6 heteroatoms. The molecule has 0 unspecified atom stereocenters. The predicted molar refractivity (Wildman–Crippen MR) is 116 cm³/mol. The molecule has 2 aromatic carbocycles. The van der Waals surface area contributed by atoms with Crippen molar-refractivity contribution in [2.45, 2.75) is 46.7 Å². The lowest BCUT2D eigenvalue weighted by Crippen LogP contribution is -2.50. The van der Waals surface area contributed by atoms with Gasteiger partial charge in [0.1, 0.15) is 17.6 Å². The van der Waals surface area contributed by atoms with E-state index in [9.17, 15) is 14.0 Å². The number of nitrogens with zero attached hydrogens (tertiary/aromatic N) is 1. The van der Waals surface area contributed by atoms with E-state index in [-0.39, 0.29) is 24.2 Å². The van der Waals surface area contributed by atoms with Crippen molar-refractivity contribution in [1.82, 2.24) is 10.2 Å². The van der Waals surface area contributed by atoms with Crippen LogP contribution >= 0.6 is 0 Å². The number of carbonyl (C=O) groups is 2. The second-order valence-electron chi connectivity index (χ2n) is 7.82. The zero-order valence-electron chi connectivity index (χ0n) is 18.2. The van der Waals surface area contributed by atoms with E-state index >= 15 is 0 Å². The van der Waals surface area contributed by atoms with Gasteiger partial charge in [-0.15, -0.1) is 0 Å². The minimum absolute atomic E-state index is 0.172. The number of ether oxygens (including phenoxy) is 1. The molecule has 2 rings (SSSR count). The maximum Gasteiger partial charge on any atom is 0.261 e. The number of rotatable bonds is 10. The van der Waals surface area contributed by atoms with Crippen molar-refractivity contribution in [1.29, 1.82) is 0 Å². The first-order valence-electron chi connectivity index (χ1n) is 10.3. The molecule has 1 N–H and O–H groups in total. The summed E-state index contributed by atoms with van der Waals surface area (Å²) in [5.74, 6) is -0.129. The highest BCUT2D eigenvalue weighted by atomic mass is 19.1. The van der Waals surface area contributed by atoms with Crippen LogP contribution in [-0.4, -0.2) is 35.9 Å². The molecule has 0 saturated carbocycles. The monoisotopic (exact) mass is 414 g/mol. The Balaban J connectivity index is 2.18. The molecular weight excluding hydrogens is 383 g/mol. The highest BCUT2D eigenvalue weighted by Gasteiger charge is 2.29. The fourth-order valence-electron chi connectivity index (χ4n) is 3.11. The molecule has 0 aliphatic rings. The second-order valence-corrected chi connectivity index (χ2v) is 7.82. The summed E-state index contributed by atoms with van der Waals surface area (Å²) < 4.78 is 18.6. The van der Waals surface area contributed by atoms with E-state index in [4.69, 9.17) is 4.74 Å². The number of hydrogen-bond acceptors (Lipinski definition) is 3. The molecule has 0 bridgehead atoms. The number of aryl methyl sites for hydroxylation is 1. The molecule has 30 heavy (non-hydrogen) atoms. The standard InChI is InChI=1S/C24H31FN2O3/c1-5-22(24(29)26-14-17(2)3)27(15-19-8-6-7-18(4)13-19)23(28)16-30-21-11-9-20(25)10-12-21/h6-13,17,22H,5,14-16H2,1-4H3,(H,26,29)/t22-/m1/s1. The van der Waals surface area contributed by atoms with Gasteiger partial charge in [0.2, 0.25) is 5.91 Å². The van der Waals surface area contributed by atoms with Gasteiger partial charge in [0.15, 0.2) is 6.61 Å². The maximum atomic E-state index is 13.1. The number of halogens is 1. The first-order chi connectivity index (χ1) is 14.3. The molecular formula is C24H31FN2O3. The summed E-state index contributed by atoms with van der Waals surface area (Å²) in [6, 6.07) is 12.8. The highest BCUT2D eigenvalue weighted by molar-refractivity contribution is 5.88. The Kier molecular flexibility index (Phi) is 8.84. The van der Waals surface area contributed by atoms with Crippen LogP contribution < -0.4 is 10.1 Å². The van der Waals surface area contributed by atoms with Gasteiger partial charge in [0.05, 0.1) is 0 Å². The van der Waals surface area contributed by atoms with Gasteiger partial charge in [-0.25, -0.2) is 4.39 Å². The van der Waals surface area contributed by atoms with E-state index in [0.29, 0.717) is 31.2 Å². The minimum atomic E-state index is -0.603. The SMILES string of the molecule is CC[C@H](C(=O)NCC(C)C)N(Cc1cccc(C)c1)C(=O)COc1ccc(F)cc1. The van der Waals surface area contributed by atoms with Crippen molar-refractivity contribution >= 4 is 11.8 Å². The number of benzene rings is 2. The van der Waals surface area contributed by atoms with Gasteiger partial charge in [-0.05, 0) is 49.1 Å². The van der Waals surface area contributed by atoms with Gasteiger partial charge in [0, 0.05) is 13.1 Å². The van der Waals surface area contributed by atoms with E-state index in [2.05, 4.69) is 5.32 Å². The second kappa shape index (κ2) is 11.3. The summed E-state index contributed by atoms with van der Waals surface area (Å²) in [5.41, 5.74) is 2.03. The van der Waals surface area contributed by atoms with Gasteiger partial charge < -0.3 is 15.0 Å². The van der Waals surface area contributed by atoms with Crippen LogP contribution in [-0.2, 0) is 16.1 Å². The van der Waals surface area contributed by atoms with Crippen molar-refractivity contribution in [2.75, 3.05) is 13.2 Å². The molecule has 162 valence electrons. The van der Waals surface area contributed by atoms with E-state index < -0.39 is 6.04 Å². The third-order valence-electron chi connectivity index (χ3n) is 4.68. The van der Waals surface area contributed by atoms with Gasteiger partial charge in [-0.1, -0.05) is 50.6 Å². The van der Waals surface area contributed by atoms with Gasteiger partial charge >= 0.3 is 0 Å².